The summed E-state index contributed by atoms with van der Waals surface area (Å²) in [6, 6.07) is 11.0. The highest BCUT2D eigenvalue weighted by Crippen LogP contribution is 2.30. The number of benzene rings is 2. The van der Waals surface area contributed by atoms with Gasteiger partial charge in [0.1, 0.15) is 0 Å². The lowest BCUT2D eigenvalue weighted by molar-refractivity contribution is 1.25. The van der Waals surface area contributed by atoms with Crippen molar-refractivity contribution in [3.05, 3.63) is 58.1 Å². The third-order valence-electron chi connectivity index (χ3n) is 3.95. The predicted octanol–water partition coefficient (Wildman–Crippen LogP) is 4.90. The molecule has 0 radical (unpaired) electrons. The van der Waals surface area contributed by atoms with Crippen molar-refractivity contribution in [2.24, 2.45) is 0 Å². The SMILES string of the molecule is Cc1cccc(-c2ccc(C)c(C)c2C)c1C. The molecule has 2 rings (SSSR count). The molecular formula is C17H20. The lowest BCUT2D eigenvalue weighted by Gasteiger charge is -2.14. The fourth-order valence-electron chi connectivity index (χ4n) is 2.29. The van der Waals surface area contributed by atoms with Gasteiger partial charge in [-0.2, -0.15) is 0 Å². The van der Waals surface area contributed by atoms with Crippen LogP contribution in [0.2, 0.25) is 0 Å². The maximum Gasteiger partial charge on any atom is -0.0149 e. The molecule has 0 aromatic heterocycles. The molecule has 0 heterocycles. The van der Waals surface area contributed by atoms with Gasteiger partial charge >= 0.3 is 0 Å². The normalized spacial score (nSPS) is 10.6. The van der Waals surface area contributed by atoms with E-state index in [1.807, 2.05) is 0 Å². The minimum absolute atomic E-state index is 1.36. The average molecular weight is 224 g/mol. The minimum atomic E-state index is 1.36. The summed E-state index contributed by atoms with van der Waals surface area (Å²) >= 11 is 0. The summed E-state index contributed by atoms with van der Waals surface area (Å²) < 4.78 is 0. The number of aryl methyl sites for hydroxylation is 2. The summed E-state index contributed by atoms with van der Waals surface area (Å²) in [5, 5.41) is 0. The first-order valence-electron chi connectivity index (χ1n) is 6.15. The quantitative estimate of drug-likeness (QED) is 0.646. The Balaban J connectivity index is 2.69. The van der Waals surface area contributed by atoms with Crippen LogP contribution in [0.5, 0.6) is 0 Å². The first-order valence-corrected chi connectivity index (χ1v) is 6.15. The molecule has 17 heavy (non-hydrogen) atoms. The summed E-state index contributed by atoms with van der Waals surface area (Å²) in [5.74, 6) is 0. The fraction of sp³-hybridized carbons (Fsp3) is 0.294. The van der Waals surface area contributed by atoms with Crippen LogP contribution in [-0.2, 0) is 0 Å². The standard InChI is InChI=1S/C17H20/c1-11-7-6-8-16(14(11)4)17-10-9-12(2)13(3)15(17)5/h6-10H,1-5H3. The van der Waals surface area contributed by atoms with Gasteiger partial charge in [0.05, 0.1) is 0 Å². The highest BCUT2D eigenvalue weighted by atomic mass is 14.1. The van der Waals surface area contributed by atoms with Crippen LogP contribution in [0.1, 0.15) is 27.8 Å². The largest absolute Gasteiger partial charge is 0.0614 e. The first-order chi connectivity index (χ1) is 8.02. The zero-order valence-electron chi connectivity index (χ0n) is 11.4. The van der Waals surface area contributed by atoms with Gasteiger partial charge in [-0.15, -0.1) is 0 Å². The van der Waals surface area contributed by atoms with Crippen LogP contribution >= 0.6 is 0 Å². The van der Waals surface area contributed by atoms with Crippen molar-refractivity contribution < 1.29 is 0 Å². The Hall–Kier alpha value is -1.56. The van der Waals surface area contributed by atoms with E-state index in [-0.39, 0.29) is 0 Å². The zero-order valence-corrected chi connectivity index (χ0v) is 11.4. The van der Waals surface area contributed by atoms with Gasteiger partial charge in [-0.05, 0) is 73.6 Å². The molecule has 0 saturated heterocycles. The lowest BCUT2D eigenvalue weighted by atomic mass is 9.90. The molecule has 0 fully saturated rings. The number of rotatable bonds is 1. The van der Waals surface area contributed by atoms with Gasteiger partial charge in [0.2, 0.25) is 0 Å². The highest BCUT2D eigenvalue weighted by Gasteiger charge is 2.08. The third-order valence-corrected chi connectivity index (χ3v) is 3.95. The van der Waals surface area contributed by atoms with E-state index in [9.17, 15) is 0 Å². The van der Waals surface area contributed by atoms with Crippen LogP contribution in [0, 0.1) is 34.6 Å². The van der Waals surface area contributed by atoms with Gasteiger partial charge in [-0.1, -0.05) is 30.3 Å². The molecule has 0 N–H and O–H groups in total. The molecule has 0 amide bonds. The highest BCUT2D eigenvalue weighted by molar-refractivity contribution is 5.73. The van der Waals surface area contributed by atoms with E-state index >= 15 is 0 Å². The van der Waals surface area contributed by atoms with Crippen molar-refractivity contribution in [2.75, 3.05) is 0 Å². The van der Waals surface area contributed by atoms with Gasteiger partial charge in [0, 0.05) is 0 Å². The molecule has 0 atom stereocenters. The van der Waals surface area contributed by atoms with Crippen molar-refractivity contribution in [1.29, 1.82) is 0 Å². The Morgan fingerprint density at radius 2 is 1.12 bits per heavy atom. The smallest absolute Gasteiger partial charge is 0.0149 e. The maximum absolute atomic E-state index is 2.25. The Morgan fingerprint density at radius 1 is 0.529 bits per heavy atom. The van der Waals surface area contributed by atoms with E-state index in [4.69, 9.17) is 0 Å². The molecule has 0 bridgehead atoms. The van der Waals surface area contributed by atoms with Gasteiger partial charge in [0.25, 0.3) is 0 Å². The number of hydrogen-bond donors (Lipinski definition) is 0. The van der Waals surface area contributed by atoms with E-state index < -0.39 is 0 Å². The summed E-state index contributed by atoms with van der Waals surface area (Å²) in [5.41, 5.74) is 9.66. The van der Waals surface area contributed by atoms with E-state index in [1.165, 1.54) is 38.9 Å². The zero-order chi connectivity index (χ0) is 12.6. The fourth-order valence-corrected chi connectivity index (χ4v) is 2.29. The summed E-state index contributed by atoms with van der Waals surface area (Å²) in [4.78, 5) is 0. The van der Waals surface area contributed by atoms with Crippen LogP contribution in [0.25, 0.3) is 11.1 Å². The molecule has 0 aliphatic rings. The van der Waals surface area contributed by atoms with Crippen molar-refractivity contribution in [2.45, 2.75) is 34.6 Å². The average Bonchev–Trinajstić information content (AvgIpc) is 2.31. The van der Waals surface area contributed by atoms with Crippen molar-refractivity contribution in [3.8, 4) is 11.1 Å². The Bertz CT molecular complexity index is 562. The van der Waals surface area contributed by atoms with Crippen molar-refractivity contribution >= 4 is 0 Å². The first kappa shape index (κ1) is 11.9. The molecular weight excluding hydrogens is 204 g/mol. The van der Waals surface area contributed by atoms with E-state index in [0.29, 0.717) is 0 Å². The van der Waals surface area contributed by atoms with Crippen LogP contribution in [-0.4, -0.2) is 0 Å². The van der Waals surface area contributed by atoms with Crippen LogP contribution in [0.15, 0.2) is 30.3 Å². The molecule has 0 nitrogen and oxygen atoms in total. The van der Waals surface area contributed by atoms with Crippen molar-refractivity contribution in [3.63, 3.8) is 0 Å². The molecule has 2 aromatic rings. The molecule has 0 saturated carbocycles. The van der Waals surface area contributed by atoms with E-state index in [0.717, 1.165) is 0 Å². The van der Waals surface area contributed by atoms with Gasteiger partial charge < -0.3 is 0 Å². The van der Waals surface area contributed by atoms with Gasteiger partial charge in [-0.25, -0.2) is 0 Å². The topological polar surface area (TPSA) is 0 Å². The molecule has 0 heteroatoms. The van der Waals surface area contributed by atoms with E-state index in [2.05, 4.69) is 65.0 Å². The molecule has 0 spiro atoms. The maximum atomic E-state index is 2.25. The Labute approximate surface area is 104 Å². The number of hydrogen-bond acceptors (Lipinski definition) is 0. The summed E-state index contributed by atoms with van der Waals surface area (Å²) in [6.45, 7) is 11.0. The van der Waals surface area contributed by atoms with Gasteiger partial charge in [0.15, 0.2) is 0 Å². The summed E-state index contributed by atoms with van der Waals surface area (Å²) in [7, 11) is 0. The predicted molar refractivity (Wildman–Crippen MR) is 75.6 cm³/mol. The second kappa shape index (κ2) is 4.37. The molecule has 0 unspecified atom stereocenters. The van der Waals surface area contributed by atoms with Crippen molar-refractivity contribution in [1.82, 2.24) is 0 Å². The molecule has 0 aliphatic carbocycles. The van der Waals surface area contributed by atoms with E-state index in [1.54, 1.807) is 0 Å². The Morgan fingerprint density at radius 3 is 1.82 bits per heavy atom. The second-order valence-electron chi connectivity index (χ2n) is 4.93. The lowest BCUT2D eigenvalue weighted by Crippen LogP contribution is -1.93. The third kappa shape index (κ3) is 2.00. The Kier molecular flexibility index (Phi) is 3.06. The van der Waals surface area contributed by atoms with Crippen LogP contribution in [0.3, 0.4) is 0 Å². The molecule has 2 aromatic carbocycles. The van der Waals surface area contributed by atoms with Crippen LogP contribution in [0.4, 0.5) is 0 Å². The van der Waals surface area contributed by atoms with Crippen LogP contribution < -0.4 is 0 Å². The molecule has 0 aliphatic heterocycles. The van der Waals surface area contributed by atoms with Gasteiger partial charge in [-0.3, -0.25) is 0 Å². The summed E-state index contributed by atoms with van der Waals surface area (Å²) in [6.07, 6.45) is 0. The second-order valence-corrected chi connectivity index (χ2v) is 4.93. The molecule has 88 valence electrons. The monoisotopic (exact) mass is 224 g/mol. The minimum Gasteiger partial charge on any atom is -0.0614 e.